The molecule has 0 amide bonds. The summed E-state index contributed by atoms with van der Waals surface area (Å²) in [5, 5.41) is 19.9. The number of benzene rings is 1. The SMILES string of the molecule is CCC[C@H]1CCC[C@@H]([C@H](O)c2cccc(O)c2)C1. The van der Waals surface area contributed by atoms with Gasteiger partial charge in [-0.15, -0.1) is 0 Å². The Bertz CT molecular complexity index is 373. The first kappa shape index (κ1) is 13.4. The maximum absolute atomic E-state index is 10.4. The predicted molar refractivity (Wildman–Crippen MR) is 73.4 cm³/mol. The van der Waals surface area contributed by atoms with E-state index in [2.05, 4.69) is 6.92 Å². The van der Waals surface area contributed by atoms with Crippen LogP contribution in [0, 0.1) is 11.8 Å². The second-order valence-corrected chi connectivity index (χ2v) is 5.62. The lowest BCUT2D eigenvalue weighted by molar-refractivity contribution is 0.0666. The predicted octanol–water partition coefficient (Wildman–Crippen LogP) is 4.03. The molecule has 0 saturated heterocycles. The van der Waals surface area contributed by atoms with Crippen LogP contribution in [-0.2, 0) is 0 Å². The summed E-state index contributed by atoms with van der Waals surface area (Å²) in [5.74, 6) is 1.38. The number of aliphatic hydroxyl groups is 1. The lowest BCUT2D eigenvalue weighted by Crippen LogP contribution is -2.21. The molecular weight excluding hydrogens is 224 g/mol. The van der Waals surface area contributed by atoms with E-state index in [1.807, 2.05) is 6.07 Å². The highest BCUT2D eigenvalue weighted by Gasteiger charge is 2.27. The van der Waals surface area contributed by atoms with E-state index in [0.717, 1.165) is 24.3 Å². The monoisotopic (exact) mass is 248 g/mol. The van der Waals surface area contributed by atoms with Crippen molar-refractivity contribution in [1.82, 2.24) is 0 Å². The van der Waals surface area contributed by atoms with E-state index in [4.69, 9.17) is 0 Å². The van der Waals surface area contributed by atoms with Crippen molar-refractivity contribution in [2.45, 2.75) is 51.6 Å². The van der Waals surface area contributed by atoms with Gasteiger partial charge in [0.25, 0.3) is 0 Å². The van der Waals surface area contributed by atoms with E-state index in [1.165, 1.54) is 25.7 Å². The fraction of sp³-hybridized carbons (Fsp3) is 0.625. The smallest absolute Gasteiger partial charge is 0.115 e. The van der Waals surface area contributed by atoms with Crippen molar-refractivity contribution in [2.75, 3.05) is 0 Å². The first-order chi connectivity index (χ1) is 8.70. The number of aromatic hydroxyl groups is 1. The minimum Gasteiger partial charge on any atom is -0.508 e. The Balaban J connectivity index is 2.02. The van der Waals surface area contributed by atoms with Gasteiger partial charge in [0.2, 0.25) is 0 Å². The molecule has 1 aromatic rings. The average Bonchev–Trinajstić information content (AvgIpc) is 2.39. The Hall–Kier alpha value is -1.02. The highest BCUT2D eigenvalue weighted by molar-refractivity contribution is 5.28. The van der Waals surface area contributed by atoms with E-state index in [0.29, 0.717) is 5.92 Å². The summed E-state index contributed by atoms with van der Waals surface area (Å²) >= 11 is 0. The Morgan fingerprint density at radius 2 is 2.17 bits per heavy atom. The van der Waals surface area contributed by atoms with E-state index in [-0.39, 0.29) is 5.75 Å². The largest absolute Gasteiger partial charge is 0.508 e. The molecule has 3 atom stereocenters. The Morgan fingerprint density at radius 1 is 1.33 bits per heavy atom. The van der Waals surface area contributed by atoms with Gasteiger partial charge < -0.3 is 10.2 Å². The zero-order valence-electron chi connectivity index (χ0n) is 11.2. The number of phenolic OH excluding ortho intramolecular Hbond substituents is 1. The number of rotatable bonds is 4. The molecule has 2 heteroatoms. The zero-order valence-corrected chi connectivity index (χ0v) is 11.2. The van der Waals surface area contributed by atoms with Crippen LogP contribution in [-0.4, -0.2) is 10.2 Å². The standard InChI is InChI=1S/C16H24O2/c1-2-5-12-6-3-7-13(10-12)16(18)14-8-4-9-15(17)11-14/h4,8-9,11-13,16-18H,2-3,5-7,10H2,1H3/t12-,13+,16-/m0/s1. The van der Waals surface area contributed by atoms with Gasteiger partial charge in [-0.05, 0) is 42.4 Å². The summed E-state index contributed by atoms with van der Waals surface area (Å²) < 4.78 is 0. The summed E-state index contributed by atoms with van der Waals surface area (Å²) in [7, 11) is 0. The van der Waals surface area contributed by atoms with Crippen LogP contribution in [0.1, 0.15) is 57.1 Å². The Labute approximate surface area is 110 Å². The first-order valence-electron chi connectivity index (χ1n) is 7.17. The lowest BCUT2D eigenvalue weighted by atomic mass is 9.76. The van der Waals surface area contributed by atoms with Crippen LogP contribution < -0.4 is 0 Å². The zero-order chi connectivity index (χ0) is 13.0. The van der Waals surface area contributed by atoms with Gasteiger partial charge in [-0.25, -0.2) is 0 Å². The molecule has 1 aromatic carbocycles. The maximum Gasteiger partial charge on any atom is 0.115 e. The molecule has 0 aromatic heterocycles. The van der Waals surface area contributed by atoms with E-state index in [9.17, 15) is 10.2 Å². The minimum atomic E-state index is -0.420. The van der Waals surface area contributed by atoms with E-state index >= 15 is 0 Å². The van der Waals surface area contributed by atoms with Crippen molar-refractivity contribution in [3.8, 4) is 5.75 Å². The number of hydrogen-bond donors (Lipinski definition) is 2. The van der Waals surface area contributed by atoms with Crippen molar-refractivity contribution in [3.05, 3.63) is 29.8 Å². The molecule has 1 saturated carbocycles. The third kappa shape index (κ3) is 3.26. The maximum atomic E-state index is 10.4. The average molecular weight is 248 g/mol. The van der Waals surface area contributed by atoms with Crippen LogP contribution in [0.25, 0.3) is 0 Å². The molecule has 100 valence electrons. The van der Waals surface area contributed by atoms with Gasteiger partial charge in [0, 0.05) is 0 Å². The van der Waals surface area contributed by atoms with Crippen LogP contribution >= 0.6 is 0 Å². The fourth-order valence-electron chi connectivity index (χ4n) is 3.27. The molecule has 2 rings (SSSR count). The molecule has 1 aliphatic carbocycles. The normalized spacial score (nSPS) is 25.9. The van der Waals surface area contributed by atoms with Crippen LogP contribution in [0.4, 0.5) is 0 Å². The first-order valence-corrected chi connectivity index (χ1v) is 7.17. The van der Waals surface area contributed by atoms with E-state index in [1.54, 1.807) is 18.2 Å². The highest BCUT2D eigenvalue weighted by Crippen LogP contribution is 2.39. The van der Waals surface area contributed by atoms with Crippen molar-refractivity contribution in [2.24, 2.45) is 11.8 Å². The molecular formula is C16H24O2. The van der Waals surface area contributed by atoms with Crippen molar-refractivity contribution in [1.29, 1.82) is 0 Å². The molecule has 0 heterocycles. The lowest BCUT2D eigenvalue weighted by Gasteiger charge is -2.32. The quantitative estimate of drug-likeness (QED) is 0.844. The van der Waals surface area contributed by atoms with Crippen molar-refractivity contribution in [3.63, 3.8) is 0 Å². The molecule has 2 N–H and O–H groups in total. The van der Waals surface area contributed by atoms with Crippen LogP contribution in [0.2, 0.25) is 0 Å². The van der Waals surface area contributed by atoms with Gasteiger partial charge in [-0.1, -0.05) is 44.7 Å². The van der Waals surface area contributed by atoms with Gasteiger partial charge >= 0.3 is 0 Å². The van der Waals surface area contributed by atoms with Crippen molar-refractivity contribution >= 4 is 0 Å². The third-order valence-corrected chi connectivity index (χ3v) is 4.18. The van der Waals surface area contributed by atoms with E-state index < -0.39 is 6.10 Å². The molecule has 0 unspecified atom stereocenters. The van der Waals surface area contributed by atoms with Gasteiger partial charge in [-0.2, -0.15) is 0 Å². The van der Waals surface area contributed by atoms with Crippen molar-refractivity contribution < 1.29 is 10.2 Å². The Morgan fingerprint density at radius 3 is 2.89 bits per heavy atom. The highest BCUT2D eigenvalue weighted by atomic mass is 16.3. The minimum absolute atomic E-state index is 0.243. The molecule has 1 aliphatic rings. The second kappa shape index (κ2) is 6.24. The second-order valence-electron chi connectivity index (χ2n) is 5.62. The molecule has 0 aliphatic heterocycles. The summed E-state index contributed by atoms with van der Waals surface area (Å²) in [6, 6.07) is 7.05. The van der Waals surface area contributed by atoms with Gasteiger partial charge in [-0.3, -0.25) is 0 Å². The summed E-state index contributed by atoms with van der Waals surface area (Å²) in [6.45, 7) is 2.23. The van der Waals surface area contributed by atoms with Gasteiger partial charge in [0.05, 0.1) is 6.10 Å². The van der Waals surface area contributed by atoms with Crippen LogP contribution in [0.15, 0.2) is 24.3 Å². The topological polar surface area (TPSA) is 40.5 Å². The molecule has 1 fully saturated rings. The number of hydrogen-bond acceptors (Lipinski definition) is 2. The number of phenols is 1. The fourth-order valence-corrected chi connectivity index (χ4v) is 3.27. The molecule has 18 heavy (non-hydrogen) atoms. The van der Waals surface area contributed by atoms with Crippen LogP contribution in [0.3, 0.4) is 0 Å². The molecule has 0 radical (unpaired) electrons. The Kier molecular flexibility index (Phi) is 4.65. The summed E-state index contributed by atoms with van der Waals surface area (Å²) in [6.07, 6.45) is 6.88. The number of aliphatic hydroxyl groups excluding tert-OH is 1. The van der Waals surface area contributed by atoms with Gasteiger partial charge in [0.1, 0.15) is 5.75 Å². The third-order valence-electron chi connectivity index (χ3n) is 4.18. The molecule has 2 nitrogen and oxygen atoms in total. The van der Waals surface area contributed by atoms with Gasteiger partial charge in [0.15, 0.2) is 0 Å². The molecule has 0 bridgehead atoms. The molecule has 0 spiro atoms. The van der Waals surface area contributed by atoms with Crippen LogP contribution in [0.5, 0.6) is 5.75 Å². The summed E-state index contributed by atoms with van der Waals surface area (Å²) in [4.78, 5) is 0. The summed E-state index contributed by atoms with van der Waals surface area (Å²) in [5.41, 5.74) is 0.858.